The van der Waals surface area contributed by atoms with Crippen molar-refractivity contribution < 1.29 is 19.7 Å². The first-order valence-electron chi connectivity index (χ1n) is 10.6. The Labute approximate surface area is 190 Å². The van der Waals surface area contributed by atoms with Crippen molar-refractivity contribution in [2.45, 2.75) is 38.3 Å². The number of nitrogens with one attached hydrogen (secondary N) is 1. The summed E-state index contributed by atoms with van der Waals surface area (Å²) in [5.74, 6) is -0.556. The molecule has 0 radical (unpaired) electrons. The SMILES string of the molecule is CC(C)Nc1cccc(-c2cc(=O)c3c(O)cc(O)c([C@H]4CCN(C)[C@@H]4CO)c3o2)c1Cl. The maximum absolute atomic E-state index is 13.0. The molecule has 4 N–H and O–H groups in total. The average Bonchev–Trinajstić information content (AvgIpc) is 3.08. The molecule has 4 rings (SSSR count). The molecule has 0 bridgehead atoms. The first-order valence-corrected chi connectivity index (χ1v) is 11.0. The van der Waals surface area contributed by atoms with E-state index in [0.29, 0.717) is 28.3 Å². The first kappa shape index (κ1) is 22.5. The summed E-state index contributed by atoms with van der Waals surface area (Å²) >= 11 is 6.62. The van der Waals surface area contributed by atoms with Gasteiger partial charge < -0.3 is 30.0 Å². The Kier molecular flexibility index (Phi) is 6.07. The molecule has 0 amide bonds. The fourth-order valence-corrected chi connectivity index (χ4v) is 4.84. The molecule has 1 aromatic heterocycles. The highest BCUT2D eigenvalue weighted by Crippen LogP contribution is 2.45. The molecule has 0 spiro atoms. The van der Waals surface area contributed by atoms with Crippen LogP contribution in [0.2, 0.25) is 5.02 Å². The third-order valence-electron chi connectivity index (χ3n) is 6.09. The fourth-order valence-electron chi connectivity index (χ4n) is 4.57. The van der Waals surface area contributed by atoms with E-state index in [1.807, 2.05) is 37.9 Å². The molecule has 8 heteroatoms. The Morgan fingerprint density at radius 1 is 1.25 bits per heavy atom. The van der Waals surface area contributed by atoms with Gasteiger partial charge in [-0.2, -0.15) is 0 Å². The van der Waals surface area contributed by atoms with Gasteiger partial charge in [0.1, 0.15) is 28.2 Å². The lowest BCUT2D eigenvalue weighted by Gasteiger charge is -2.24. The number of fused-ring (bicyclic) bond motifs is 1. The Bertz CT molecular complexity index is 1220. The molecule has 1 aliphatic heterocycles. The molecule has 1 fully saturated rings. The molecule has 2 atom stereocenters. The molecule has 2 aromatic carbocycles. The van der Waals surface area contributed by atoms with E-state index in [1.54, 1.807) is 6.07 Å². The van der Waals surface area contributed by atoms with Crippen molar-refractivity contribution in [3.8, 4) is 22.8 Å². The molecule has 0 unspecified atom stereocenters. The Hall–Kier alpha value is -2.74. The summed E-state index contributed by atoms with van der Waals surface area (Å²) in [6.45, 7) is 4.60. The largest absolute Gasteiger partial charge is 0.507 e. The highest BCUT2D eigenvalue weighted by atomic mass is 35.5. The number of likely N-dealkylation sites (N-methyl/N-ethyl adjacent to an activating group) is 1. The monoisotopic (exact) mass is 458 g/mol. The Morgan fingerprint density at radius 3 is 2.69 bits per heavy atom. The van der Waals surface area contributed by atoms with Crippen LogP contribution < -0.4 is 10.7 Å². The molecular formula is C24H27ClN2O5. The van der Waals surface area contributed by atoms with E-state index >= 15 is 0 Å². The van der Waals surface area contributed by atoms with Crippen LogP contribution in [0.4, 0.5) is 5.69 Å². The van der Waals surface area contributed by atoms with Crippen molar-refractivity contribution >= 4 is 28.3 Å². The summed E-state index contributed by atoms with van der Waals surface area (Å²) in [6.07, 6.45) is 0.664. The van der Waals surface area contributed by atoms with Gasteiger partial charge in [0.25, 0.3) is 0 Å². The number of phenolic OH excluding ortho intramolecular Hbond substituents is 2. The number of nitrogens with zero attached hydrogens (tertiary/aromatic N) is 1. The standard InChI is InChI=1S/C24H27ClN2O5/c1-12(2)26-15-6-4-5-14(23(15)25)20-10-19(31)22-18(30)9-17(29)21(24(22)32-20)13-7-8-27(3)16(13)11-28/h4-6,9-10,12-13,16,26,28-30H,7-8,11H2,1-3H3/t13-,16+/m0/s1. The summed E-state index contributed by atoms with van der Waals surface area (Å²) in [5.41, 5.74) is 1.31. The van der Waals surface area contributed by atoms with Crippen molar-refractivity contribution in [1.29, 1.82) is 0 Å². The number of likely N-dealkylation sites (tertiary alicyclic amines) is 1. The minimum absolute atomic E-state index is 0.000348. The number of anilines is 1. The van der Waals surface area contributed by atoms with Gasteiger partial charge in [-0.25, -0.2) is 0 Å². The molecule has 7 nitrogen and oxygen atoms in total. The molecule has 2 heterocycles. The van der Waals surface area contributed by atoms with Gasteiger partial charge in [0.15, 0.2) is 5.43 Å². The van der Waals surface area contributed by atoms with Gasteiger partial charge in [-0.15, -0.1) is 0 Å². The zero-order chi connectivity index (χ0) is 23.2. The molecular weight excluding hydrogens is 432 g/mol. The topological polar surface area (TPSA) is 106 Å². The molecule has 0 aliphatic carbocycles. The van der Waals surface area contributed by atoms with Crippen molar-refractivity contribution in [1.82, 2.24) is 4.90 Å². The van der Waals surface area contributed by atoms with Crippen LogP contribution in [0, 0.1) is 0 Å². The Morgan fingerprint density at radius 2 is 2.00 bits per heavy atom. The molecule has 3 aromatic rings. The third-order valence-corrected chi connectivity index (χ3v) is 6.49. The molecule has 1 aliphatic rings. The number of rotatable bonds is 5. The van der Waals surface area contributed by atoms with Gasteiger partial charge in [-0.05, 0) is 46.0 Å². The highest BCUT2D eigenvalue weighted by Gasteiger charge is 2.36. The Balaban J connectivity index is 1.97. The number of aliphatic hydroxyl groups is 1. The van der Waals surface area contributed by atoms with Gasteiger partial charge in [0.2, 0.25) is 0 Å². The van der Waals surface area contributed by atoms with E-state index < -0.39 is 5.43 Å². The number of halogens is 1. The van der Waals surface area contributed by atoms with E-state index in [4.69, 9.17) is 16.0 Å². The maximum Gasteiger partial charge on any atom is 0.197 e. The van der Waals surface area contributed by atoms with Gasteiger partial charge in [0, 0.05) is 41.3 Å². The molecule has 0 saturated carbocycles. The van der Waals surface area contributed by atoms with E-state index in [0.717, 1.165) is 6.54 Å². The summed E-state index contributed by atoms with van der Waals surface area (Å²) in [4.78, 5) is 15.0. The van der Waals surface area contributed by atoms with Crippen LogP contribution in [0.5, 0.6) is 11.5 Å². The number of hydrogen-bond donors (Lipinski definition) is 4. The zero-order valence-electron chi connectivity index (χ0n) is 18.2. The quantitative estimate of drug-likeness (QED) is 0.455. The van der Waals surface area contributed by atoms with Crippen LogP contribution >= 0.6 is 11.6 Å². The van der Waals surface area contributed by atoms with Crippen LogP contribution in [0.25, 0.3) is 22.3 Å². The third kappa shape index (κ3) is 3.81. The molecule has 32 heavy (non-hydrogen) atoms. The van der Waals surface area contributed by atoms with Crippen molar-refractivity contribution in [3.05, 3.63) is 51.1 Å². The average molecular weight is 459 g/mol. The fraction of sp³-hybridized carbons (Fsp3) is 0.375. The van der Waals surface area contributed by atoms with Gasteiger partial charge in [0.05, 0.1) is 17.3 Å². The lowest BCUT2D eigenvalue weighted by atomic mass is 9.89. The second-order valence-corrected chi connectivity index (χ2v) is 8.98. The van der Waals surface area contributed by atoms with Gasteiger partial charge >= 0.3 is 0 Å². The predicted octanol–water partition coefficient (Wildman–Crippen LogP) is 4.12. The second-order valence-electron chi connectivity index (χ2n) is 8.60. The van der Waals surface area contributed by atoms with Gasteiger partial charge in [-0.3, -0.25) is 4.79 Å². The lowest BCUT2D eigenvalue weighted by Crippen LogP contribution is -2.32. The normalized spacial score (nSPS) is 19.2. The summed E-state index contributed by atoms with van der Waals surface area (Å²) < 4.78 is 6.17. The summed E-state index contributed by atoms with van der Waals surface area (Å²) in [7, 11) is 1.90. The lowest BCUT2D eigenvalue weighted by molar-refractivity contribution is 0.172. The predicted molar refractivity (Wildman–Crippen MR) is 126 cm³/mol. The van der Waals surface area contributed by atoms with Crippen molar-refractivity contribution in [2.75, 3.05) is 25.5 Å². The molecule has 1 saturated heterocycles. The number of hydrogen-bond acceptors (Lipinski definition) is 7. The van der Waals surface area contributed by atoms with E-state index in [2.05, 4.69) is 5.32 Å². The van der Waals surface area contributed by atoms with Crippen molar-refractivity contribution in [3.63, 3.8) is 0 Å². The summed E-state index contributed by atoms with van der Waals surface area (Å²) in [6, 6.07) is 7.78. The van der Waals surface area contributed by atoms with E-state index in [9.17, 15) is 20.1 Å². The first-order chi connectivity index (χ1) is 15.2. The van der Waals surface area contributed by atoms with Crippen LogP contribution in [0.15, 0.2) is 39.5 Å². The zero-order valence-corrected chi connectivity index (χ0v) is 19.0. The van der Waals surface area contributed by atoms with Crippen LogP contribution in [0.3, 0.4) is 0 Å². The number of phenols is 2. The molecule has 170 valence electrons. The number of benzene rings is 2. The van der Waals surface area contributed by atoms with E-state index in [-0.39, 0.29) is 52.8 Å². The smallest absolute Gasteiger partial charge is 0.197 e. The second kappa shape index (κ2) is 8.65. The minimum Gasteiger partial charge on any atom is -0.507 e. The van der Waals surface area contributed by atoms with Gasteiger partial charge in [-0.1, -0.05) is 17.7 Å². The van der Waals surface area contributed by atoms with Crippen LogP contribution in [-0.4, -0.2) is 52.5 Å². The van der Waals surface area contributed by atoms with E-state index in [1.165, 1.54) is 12.1 Å². The minimum atomic E-state index is -0.440. The maximum atomic E-state index is 13.0. The number of aromatic hydroxyl groups is 2. The summed E-state index contributed by atoms with van der Waals surface area (Å²) in [5, 5.41) is 34.8. The van der Waals surface area contributed by atoms with Crippen LogP contribution in [0.1, 0.15) is 31.7 Å². The van der Waals surface area contributed by atoms with Crippen LogP contribution in [-0.2, 0) is 0 Å². The highest BCUT2D eigenvalue weighted by molar-refractivity contribution is 6.35. The van der Waals surface area contributed by atoms with Crippen molar-refractivity contribution in [2.24, 2.45) is 0 Å². The number of aliphatic hydroxyl groups excluding tert-OH is 1.